The molecule has 0 bridgehead atoms. The molecule has 336 valence electrons. The van der Waals surface area contributed by atoms with Gasteiger partial charge in [-0.15, -0.1) is 0 Å². The van der Waals surface area contributed by atoms with E-state index in [2.05, 4.69) is 264 Å². The van der Waals surface area contributed by atoms with Gasteiger partial charge in [0.25, 0.3) is 0 Å². The highest BCUT2D eigenvalue weighted by Gasteiger charge is 2.40. The highest BCUT2D eigenvalue weighted by Crippen LogP contribution is 2.45. The van der Waals surface area contributed by atoms with E-state index >= 15 is 0 Å². The predicted octanol–water partition coefficient (Wildman–Crippen LogP) is 14.5. The fourth-order valence-electron chi connectivity index (χ4n) is 11.8. The second kappa shape index (κ2) is 16.1. The number of nitrogens with zero attached hydrogens (tertiary/aromatic N) is 4. The SMILES string of the molecule is C[Si]1(C)c2ccccc2-c2c(C3N=C(c4ccccc4-n4c5ccccc5c5c(-c6cccc7c6c6ccccc6n7-c6ccccc6)cccc54)N=C(c4cccc(-c5ccccc5)c4)N3)cccc21. The van der Waals surface area contributed by atoms with E-state index in [1.807, 2.05) is 0 Å². The topological polar surface area (TPSA) is 46.6 Å². The monoisotopic (exact) mass is 925 g/mol. The first-order valence-corrected chi connectivity index (χ1v) is 27.5. The first kappa shape index (κ1) is 41.2. The van der Waals surface area contributed by atoms with Gasteiger partial charge in [-0.3, -0.25) is 0 Å². The summed E-state index contributed by atoms with van der Waals surface area (Å²) in [6.07, 6.45) is -0.403. The van der Waals surface area contributed by atoms with Gasteiger partial charge in [-0.05, 0) is 98.4 Å². The van der Waals surface area contributed by atoms with Crippen molar-refractivity contribution in [3.63, 3.8) is 0 Å². The molecular formula is C65H47N5Si. The third-order valence-corrected chi connectivity index (χ3v) is 18.6. The molecule has 71 heavy (non-hydrogen) atoms. The van der Waals surface area contributed by atoms with Crippen LogP contribution in [-0.2, 0) is 0 Å². The zero-order valence-corrected chi connectivity index (χ0v) is 40.4. The lowest BCUT2D eigenvalue weighted by atomic mass is 9.95. The molecule has 1 unspecified atom stereocenters. The molecule has 2 aliphatic heterocycles. The maximum atomic E-state index is 5.68. The van der Waals surface area contributed by atoms with Gasteiger partial charge in [-0.1, -0.05) is 195 Å². The van der Waals surface area contributed by atoms with Crippen molar-refractivity contribution in [1.29, 1.82) is 0 Å². The van der Waals surface area contributed by atoms with Crippen molar-refractivity contribution in [3.05, 3.63) is 253 Å². The molecule has 0 spiro atoms. The van der Waals surface area contributed by atoms with Gasteiger partial charge in [0.15, 0.2) is 5.84 Å². The number of nitrogens with one attached hydrogen (secondary N) is 1. The minimum absolute atomic E-state index is 0.403. The number of aliphatic imine (C=N–C) groups is 2. The minimum Gasteiger partial charge on any atom is -0.344 e. The number of para-hydroxylation sites is 4. The van der Waals surface area contributed by atoms with E-state index in [4.69, 9.17) is 9.98 Å². The van der Waals surface area contributed by atoms with Gasteiger partial charge in [0.1, 0.15) is 20.1 Å². The Morgan fingerprint density at radius 3 is 1.69 bits per heavy atom. The summed E-state index contributed by atoms with van der Waals surface area (Å²) in [4.78, 5) is 11.2. The summed E-state index contributed by atoms with van der Waals surface area (Å²) >= 11 is 0. The summed E-state index contributed by atoms with van der Waals surface area (Å²) in [6, 6.07) is 85.8. The molecule has 0 aliphatic carbocycles. The zero-order chi connectivity index (χ0) is 47.2. The first-order chi connectivity index (χ1) is 35.0. The van der Waals surface area contributed by atoms with Crippen molar-refractivity contribution in [1.82, 2.24) is 14.5 Å². The zero-order valence-electron chi connectivity index (χ0n) is 39.4. The molecule has 0 saturated carbocycles. The smallest absolute Gasteiger partial charge is 0.161 e. The summed E-state index contributed by atoms with van der Waals surface area (Å²) in [5, 5.41) is 11.7. The number of rotatable bonds is 7. The van der Waals surface area contributed by atoms with Gasteiger partial charge in [0.2, 0.25) is 0 Å². The van der Waals surface area contributed by atoms with E-state index in [1.54, 1.807) is 0 Å². The fraction of sp³-hybridized carbons (Fsp3) is 0.0462. The van der Waals surface area contributed by atoms with E-state index in [9.17, 15) is 0 Å². The van der Waals surface area contributed by atoms with Crippen LogP contribution in [0, 0.1) is 0 Å². The molecule has 2 aliphatic rings. The molecule has 10 aromatic carbocycles. The average molecular weight is 926 g/mol. The molecule has 0 radical (unpaired) electrons. The van der Waals surface area contributed by atoms with Gasteiger partial charge in [-0.2, -0.15) is 0 Å². The molecule has 1 N–H and O–H groups in total. The van der Waals surface area contributed by atoms with Crippen molar-refractivity contribution in [2.75, 3.05) is 0 Å². The molecule has 2 aromatic heterocycles. The Labute approximate surface area is 413 Å². The summed E-state index contributed by atoms with van der Waals surface area (Å²) < 4.78 is 4.84. The third kappa shape index (κ3) is 6.38. The Balaban J connectivity index is 0.989. The Morgan fingerprint density at radius 1 is 0.423 bits per heavy atom. The van der Waals surface area contributed by atoms with E-state index in [0.29, 0.717) is 5.84 Å². The standard InChI is InChI=1S/C65H47N5Si/c1-71(2)58-39-16-12-30-51(58)62-52(33-20-40-59(62)71)65-67-63(44-24-17-23-43(41-44)42-21-5-3-6-22-42)66-64(68-65)50-29-11-15-36-55(50)70-54-35-14-10-28-49(54)61-47(32-19-38-57(61)70)46-31-18-37-56-60(46)48-27-9-13-34-53(48)69(56)45-25-7-4-8-26-45/h3-41,65H,1-2H3,(H,66,67,68). The molecule has 4 heterocycles. The molecular weight excluding hydrogens is 879 g/mol. The Morgan fingerprint density at radius 2 is 0.944 bits per heavy atom. The number of fused-ring (bicyclic) bond motifs is 9. The van der Waals surface area contributed by atoms with Gasteiger partial charge in [0, 0.05) is 43.9 Å². The second-order valence-electron chi connectivity index (χ2n) is 19.3. The van der Waals surface area contributed by atoms with Crippen LogP contribution >= 0.6 is 0 Å². The van der Waals surface area contributed by atoms with Crippen molar-refractivity contribution < 1.29 is 0 Å². The molecule has 0 saturated heterocycles. The van der Waals surface area contributed by atoms with E-state index in [0.717, 1.165) is 50.5 Å². The van der Waals surface area contributed by atoms with Crippen LogP contribution in [0.4, 0.5) is 0 Å². The Hall–Kier alpha value is -8.84. The summed E-state index contributed by atoms with van der Waals surface area (Å²) in [5.41, 5.74) is 17.2. The number of aromatic nitrogens is 2. The molecule has 0 fully saturated rings. The van der Waals surface area contributed by atoms with Gasteiger partial charge in [-0.25, -0.2) is 9.98 Å². The quantitative estimate of drug-likeness (QED) is 0.159. The molecule has 6 heteroatoms. The van der Waals surface area contributed by atoms with E-state index in [1.165, 1.54) is 70.8 Å². The average Bonchev–Trinajstić information content (AvgIpc) is 4.05. The van der Waals surface area contributed by atoms with Crippen molar-refractivity contribution >= 4 is 73.7 Å². The van der Waals surface area contributed by atoms with Crippen LogP contribution in [0.2, 0.25) is 13.1 Å². The minimum atomic E-state index is -1.96. The third-order valence-electron chi connectivity index (χ3n) is 15.0. The lowest BCUT2D eigenvalue weighted by molar-refractivity contribution is 0.676. The van der Waals surface area contributed by atoms with Crippen LogP contribution in [0.5, 0.6) is 0 Å². The molecule has 0 amide bonds. The largest absolute Gasteiger partial charge is 0.344 e. The van der Waals surface area contributed by atoms with Gasteiger partial charge < -0.3 is 14.5 Å². The first-order valence-electron chi connectivity index (χ1n) is 24.5. The maximum absolute atomic E-state index is 5.68. The molecule has 12 aromatic rings. The Bertz CT molecular complexity index is 4180. The van der Waals surface area contributed by atoms with Crippen LogP contribution < -0.4 is 15.7 Å². The van der Waals surface area contributed by atoms with Crippen LogP contribution in [0.3, 0.4) is 0 Å². The van der Waals surface area contributed by atoms with Gasteiger partial charge >= 0.3 is 0 Å². The van der Waals surface area contributed by atoms with Crippen LogP contribution in [0.1, 0.15) is 22.9 Å². The highest BCUT2D eigenvalue weighted by molar-refractivity contribution is 7.03. The van der Waals surface area contributed by atoms with Crippen molar-refractivity contribution in [2.24, 2.45) is 9.98 Å². The van der Waals surface area contributed by atoms with Crippen LogP contribution in [0.25, 0.3) is 88.4 Å². The van der Waals surface area contributed by atoms with Gasteiger partial charge in [0.05, 0.1) is 27.8 Å². The number of benzene rings is 10. The molecule has 1 atom stereocenters. The summed E-state index contributed by atoms with van der Waals surface area (Å²) in [5.74, 6) is 1.48. The second-order valence-corrected chi connectivity index (χ2v) is 23.6. The van der Waals surface area contributed by atoms with E-state index < -0.39 is 14.2 Å². The number of hydrogen-bond donors (Lipinski definition) is 1. The molecule has 14 rings (SSSR count). The lowest BCUT2D eigenvalue weighted by Gasteiger charge is -2.27. The molecule has 5 nitrogen and oxygen atoms in total. The lowest BCUT2D eigenvalue weighted by Crippen LogP contribution is -2.49. The number of hydrogen-bond acceptors (Lipinski definition) is 3. The summed E-state index contributed by atoms with van der Waals surface area (Å²) in [6.45, 7) is 4.95. The van der Waals surface area contributed by atoms with Crippen molar-refractivity contribution in [3.8, 4) is 44.8 Å². The highest BCUT2D eigenvalue weighted by atomic mass is 28.3. The normalized spacial score (nSPS) is 14.9. The van der Waals surface area contributed by atoms with Crippen LogP contribution in [-0.4, -0.2) is 28.9 Å². The maximum Gasteiger partial charge on any atom is 0.161 e. The van der Waals surface area contributed by atoms with Crippen molar-refractivity contribution in [2.45, 2.75) is 19.3 Å². The summed E-state index contributed by atoms with van der Waals surface area (Å²) in [7, 11) is -1.96. The predicted molar refractivity (Wildman–Crippen MR) is 300 cm³/mol. The Kier molecular flexibility index (Phi) is 9.35. The number of amidine groups is 2. The van der Waals surface area contributed by atoms with E-state index in [-0.39, 0.29) is 0 Å². The van der Waals surface area contributed by atoms with Crippen LogP contribution in [0.15, 0.2) is 247 Å². The fourth-order valence-corrected chi connectivity index (χ4v) is 14.9.